The molecule has 0 unspecified atom stereocenters. The summed E-state index contributed by atoms with van der Waals surface area (Å²) in [6.45, 7) is 1.41. The first-order chi connectivity index (χ1) is 9.78. The van der Waals surface area contributed by atoms with Crippen molar-refractivity contribution in [1.82, 2.24) is 15.2 Å². The van der Waals surface area contributed by atoms with E-state index in [0.717, 1.165) is 13.0 Å². The van der Waals surface area contributed by atoms with Crippen LogP contribution in [-0.2, 0) is 4.74 Å². The highest BCUT2D eigenvalue weighted by molar-refractivity contribution is 5.53. The smallest absolute Gasteiger partial charge is 0.249 e. The van der Waals surface area contributed by atoms with Crippen LogP contribution in [0.15, 0.2) is 30.5 Å². The van der Waals surface area contributed by atoms with Gasteiger partial charge >= 0.3 is 0 Å². The standard InChI is InChI=1S/C13H16FN5O/c1-20-7-3-6-15-12-9-16-19-13(18-12)17-11-5-2-4-10(14)8-11/h2,4-5,8-9H,3,6-7H2,1H3,(H2,15,17,18,19). The molecule has 0 saturated carbocycles. The molecular weight excluding hydrogens is 261 g/mol. The molecule has 0 saturated heterocycles. The molecular formula is C13H16FN5O. The fraction of sp³-hybridized carbons (Fsp3) is 0.308. The Morgan fingerprint density at radius 2 is 2.25 bits per heavy atom. The minimum atomic E-state index is -0.322. The minimum Gasteiger partial charge on any atom is -0.385 e. The van der Waals surface area contributed by atoms with Gasteiger partial charge in [0.25, 0.3) is 0 Å². The van der Waals surface area contributed by atoms with Gasteiger partial charge in [0.05, 0.1) is 6.20 Å². The lowest BCUT2D eigenvalue weighted by Gasteiger charge is -2.07. The van der Waals surface area contributed by atoms with Gasteiger partial charge in [-0.25, -0.2) is 4.39 Å². The van der Waals surface area contributed by atoms with Crippen LogP contribution in [0.25, 0.3) is 0 Å². The number of nitrogens with zero attached hydrogens (tertiary/aromatic N) is 3. The maximum atomic E-state index is 13.1. The van der Waals surface area contributed by atoms with Crippen LogP contribution in [0.4, 0.5) is 21.8 Å². The molecule has 0 aliphatic heterocycles. The Kier molecular flexibility index (Phi) is 5.19. The van der Waals surface area contributed by atoms with Crippen molar-refractivity contribution in [1.29, 1.82) is 0 Å². The second-order valence-corrected chi connectivity index (χ2v) is 4.07. The van der Waals surface area contributed by atoms with E-state index < -0.39 is 0 Å². The Hall–Kier alpha value is -2.28. The van der Waals surface area contributed by atoms with Crippen LogP contribution < -0.4 is 10.6 Å². The van der Waals surface area contributed by atoms with Crippen molar-refractivity contribution in [2.24, 2.45) is 0 Å². The summed E-state index contributed by atoms with van der Waals surface area (Å²) in [6.07, 6.45) is 2.40. The molecule has 20 heavy (non-hydrogen) atoms. The van der Waals surface area contributed by atoms with Gasteiger partial charge < -0.3 is 15.4 Å². The molecule has 1 aromatic carbocycles. The minimum absolute atomic E-state index is 0.312. The maximum absolute atomic E-state index is 13.1. The first-order valence-electron chi connectivity index (χ1n) is 6.23. The number of hydrogen-bond acceptors (Lipinski definition) is 6. The second kappa shape index (κ2) is 7.34. The average Bonchev–Trinajstić information content (AvgIpc) is 2.44. The van der Waals surface area contributed by atoms with Gasteiger partial charge in [0.2, 0.25) is 5.95 Å². The van der Waals surface area contributed by atoms with Crippen molar-refractivity contribution in [3.63, 3.8) is 0 Å². The summed E-state index contributed by atoms with van der Waals surface area (Å²) in [7, 11) is 1.66. The largest absolute Gasteiger partial charge is 0.385 e. The van der Waals surface area contributed by atoms with Gasteiger partial charge in [-0.3, -0.25) is 0 Å². The van der Waals surface area contributed by atoms with E-state index >= 15 is 0 Å². The average molecular weight is 277 g/mol. The van der Waals surface area contributed by atoms with Crippen molar-refractivity contribution in [2.75, 3.05) is 30.9 Å². The summed E-state index contributed by atoms with van der Waals surface area (Å²) in [5.41, 5.74) is 0.573. The Bertz CT molecular complexity index is 552. The molecule has 0 amide bonds. The monoisotopic (exact) mass is 277 g/mol. The van der Waals surface area contributed by atoms with Gasteiger partial charge in [0.15, 0.2) is 5.82 Å². The van der Waals surface area contributed by atoms with Crippen LogP contribution >= 0.6 is 0 Å². The van der Waals surface area contributed by atoms with Crippen LogP contribution in [-0.4, -0.2) is 35.4 Å². The van der Waals surface area contributed by atoms with E-state index in [0.29, 0.717) is 24.1 Å². The van der Waals surface area contributed by atoms with Crippen molar-refractivity contribution in [3.8, 4) is 0 Å². The van der Waals surface area contributed by atoms with Gasteiger partial charge in [-0.2, -0.15) is 10.1 Å². The number of hydrogen-bond donors (Lipinski definition) is 2. The van der Waals surface area contributed by atoms with Crippen LogP contribution in [0.1, 0.15) is 6.42 Å². The molecule has 0 aliphatic rings. The summed E-state index contributed by atoms with van der Waals surface area (Å²) in [5, 5.41) is 13.7. The molecule has 0 aliphatic carbocycles. The van der Waals surface area contributed by atoms with Crippen molar-refractivity contribution < 1.29 is 9.13 Å². The summed E-state index contributed by atoms with van der Waals surface area (Å²) < 4.78 is 18.0. The number of aromatic nitrogens is 3. The van der Waals surface area contributed by atoms with E-state index in [1.54, 1.807) is 19.2 Å². The van der Waals surface area contributed by atoms with E-state index in [1.807, 2.05) is 0 Å². The second-order valence-electron chi connectivity index (χ2n) is 4.07. The molecule has 0 spiro atoms. The van der Waals surface area contributed by atoms with Gasteiger partial charge in [-0.05, 0) is 24.6 Å². The summed E-state index contributed by atoms with van der Waals surface area (Å²) in [4.78, 5) is 4.24. The molecule has 1 heterocycles. The molecule has 2 rings (SSSR count). The first kappa shape index (κ1) is 14.1. The molecule has 2 aromatic rings. The lowest BCUT2D eigenvalue weighted by atomic mass is 10.3. The predicted molar refractivity (Wildman–Crippen MR) is 74.5 cm³/mol. The highest BCUT2D eigenvalue weighted by atomic mass is 19.1. The topological polar surface area (TPSA) is 72.0 Å². The van der Waals surface area contributed by atoms with E-state index in [2.05, 4.69) is 25.8 Å². The van der Waals surface area contributed by atoms with Crippen LogP contribution in [0.2, 0.25) is 0 Å². The normalized spacial score (nSPS) is 10.3. The number of methoxy groups -OCH3 is 1. The highest BCUT2D eigenvalue weighted by Crippen LogP contribution is 2.14. The number of anilines is 3. The van der Waals surface area contributed by atoms with Crippen molar-refractivity contribution in [2.45, 2.75) is 6.42 Å². The lowest BCUT2D eigenvalue weighted by Crippen LogP contribution is -2.08. The molecule has 0 bridgehead atoms. The fourth-order valence-corrected chi connectivity index (χ4v) is 1.57. The Morgan fingerprint density at radius 1 is 1.35 bits per heavy atom. The fourth-order valence-electron chi connectivity index (χ4n) is 1.57. The first-order valence-corrected chi connectivity index (χ1v) is 6.23. The van der Waals surface area contributed by atoms with Crippen LogP contribution in [0.5, 0.6) is 0 Å². The predicted octanol–water partition coefficient (Wildman–Crippen LogP) is 2.20. The van der Waals surface area contributed by atoms with E-state index in [-0.39, 0.29) is 5.82 Å². The highest BCUT2D eigenvalue weighted by Gasteiger charge is 2.02. The van der Waals surface area contributed by atoms with Gasteiger partial charge in [-0.1, -0.05) is 6.07 Å². The third-order valence-corrected chi connectivity index (χ3v) is 2.47. The summed E-state index contributed by atoms with van der Waals surface area (Å²) in [6, 6.07) is 6.07. The maximum Gasteiger partial charge on any atom is 0.249 e. The molecule has 6 nitrogen and oxygen atoms in total. The quantitative estimate of drug-likeness (QED) is 0.756. The zero-order valence-electron chi connectivity index (χ0n) is 11.1. The summed E-state index contributed by atoms with van der Waals surface area (Å²) in [5.74, 6) is 0.596. The van der Waals surface area contributed by atoms with Crippen LogP contribution in [0, 0.1) is 5.82 Å². The van der Waals surface area contributed by atoms with Crippen molar-refractivity contribution in [3.05, 3.63) is 36.3 Å². The third-order valence-electron chi connectivity index (χ3n) is 2.47. The number of ether oxygens (including phenoxy) is 1. The number of nitrogens with one attached hydrogen (secondary N) is 2. The third kappa shape index (κ3) is 4.43. The molecule has 0 atom stereocenters. The van der Waals surface area contributed by atoms with E-state index in [4.69, 9.17) is 4.74 Å². The molecule has 2 N–H and O–H groups in total. The zero-order valence-corrected chi connectivity index (χ0v) is 11.1. The SMILES string of the molecule is COCCCNc1cnnc(Nc2cccc(F)c2)n1. The molecule has 1 aromatic heterocycles. The molecule has 0 fully saturated rings. The Morgan fingerprint density at radius 3 is 3.05 bits per heavy atom. The number of benzene rings is 1. The van der Waals surface area contributed by atoms with E-state index in [1.165, 1.54) is 18.3 Å². The van der Waals surface area contributed by atoms with Crippen LogP contribution in [0.3, 0.4) is 0 Å². The van der Waals surface area contributed by atoms with E-state index in [9.17, 15) is 4.39 Å². The van der Waals surface area contributed by atoms with Gasteiger partial charge in [0, 0.05) is 25.9 Å². The zero-order chi connectivity index (χ0) is 14.2. The number of halogens is 1. The molecule has 7 heteroatoms. The molecule has 106 valence electrons. The Labute approximate surface area is 116 Å². The molecule has 0 radical (unpaired) electrons. The summed E-state index contributed by atoms with van der Waals surface area (Å²) >= 11 is 0. The van der Waals surface area contributed by atoms with Gasteiger partial charge in [-0.15, -0.1) is 5.10 Å². The Balaban J connectivity index is 1.95. The van der Waals surface area contributed by atoms with Crippen molar-refractivity contribution >= 4 is 17.5 Å². The van der Waals surface area contributed by atoms with Gasteiger partial charge in [0.1, 0.15) is 5.82 Å². The number of rotatable bonds is 7. The lowest BCUT2D eigenvalue weighted by molar-refractivity contribution is 0.197.